The minimum Gasteiger partial charge on any atom is -0.508 e. The molecule has 4 heteroatoms. The van der Waals surface area contributed by atoms with Gasteiger partial charge in [-0.3, -0.25) is 0 Å². The van der Waals surface area contributed by atoms with Crippen LogP contribution < -0.4 is 0 Å². The van der Waals surface area contributed by atoms with E-state index in [2.05, 4.69) is 0 Å². The van der Waals surface area contributed by atoms with Crippen LogP contribution in [0.1, 0.15) is 18.1 Å². The normalized spacial score (nSPS) is 10.2. The van der Waals surface area contributed by atoms with Crippen LogP contribution >= 0.6 is 0 Å². The zero-order valence-corrected chi connectivity index (χ0v) is 10.3. The summed E-state index contributed by atoms with van der Waals surface area (Å²) < 4.78 is 0. The Morgan fingerprint density at radius 2 is 1.00 bits per heavy atom. The second-order valence-corrected chi connectivity index (χ2v) is 4.18. The number of hydrogen-bond acceptors (Lipinski definition) is 4. The van der Waals surface area contributed by atoms with Gasteiger partial charge in [0.1, 0.15) is 23.0 Å². The van der Waals surface area contributed by atoms with E-state index >= 15 is 0 Å². The Morgan fingerprint density at radius 1 is 0.684 bits per heavy atom. The fraction of sp³-hybridized carbons (Fsp3) is 0.0667. The monoisotopic (exact) mass is 258 g/mol. The topological polar surface area (TPSA) is 80.9 Å². The van der Waals surface area contributed by atoms with Gasteiger partial charge in [0, 0.05) is 12.1 Å². The summed E-state index contributed by atoms with van der Waals surface area (Å²) in [5.74, 6) is -0.227. The smallest absolute Gasteiger partial charge is 0.119 e. The summed E-state index contributed by atoms with van der Waals surface area (Å²) in [5.41, 5.74) is 1.85. The van der Waals surface area contributed by atoms with Crippen molar-refractivity contribution >= 4 is 5.57 Å². The lowest BCUT2D eigenvalue weighted by molar-refractivity contribution is 0.450. The molecule has 4 N–H and O–H groups in total. The van der Waals surface area contributed by atoms with Crippen molar-refractivity contribution < 1.29 is 20.4 Å². The van der Waals surface area contributed by atoms with E-state index in [1.54, 1.807) is 13.0 Å². The molecule has 0 bridgehead atoms. The molecule has 0 saturated heterocycles. The van der Waals surface area contributed by atoms with Gasteiger partial charge in [-0.25, -0.2) is 0 Å². The van der Waals surface area contributed by atoms with Gasteiger partial charge in [0.2, 0.25) is 0 Å². The van der Waals surface area contributed by atoms with Gasteiger partial charge in [-0.05, 0) is 47.9 Å². The quantitative estimate of drug-likeness (QED) is 0.667. The molecule has 0 fully saturated rings. The fourth-order valence-electron chi connectivity index (χ4n) is 2.00. The van der Waals surface area contributed by atoms with Crippen molar-refractivity contribution in [2.24, 2.45) is 0 Å². The molecule has 0 aliphatic rings. The number of phenolic OH excluding ortho intramolecular Hbond substituents is 4. The molecule has 0 unspecified atom stereocenters. The second kappa shape index (κ2) is 4.94. The summed E-state index contributed by atoms with van der Waals surface area (Å²) in [6, 6.07) is 8.45. The molecule has 0 spiro atoms. The molecule has 2 rings (SSSR count). The lowest BCUT2D eigenvalue weighted by atomic mass is 9.97. The largest absolute Gasteiger partial charge is 0.508 e. The number of phenols is 4. The van der Waals surface area contributed by atoms with Crippen molar-refractivity contribution in [2.75, 3.05) is 0 Å². The van der Waals surface area contributed by atoms with Crippen molar-refractivity contribution in [2.45, 2.75) is 6.92 Å². The molecule has 0 amide bonds. The highest BCUT2D eigenvalue weighted by atomic mass is 16.3. The Labute approximate surface area is 110 Å². The predicted molar refractivity (Wildman–Crippen MR) is 72.3 cm³/mol. The lowest BCUT2D eigenvalue weighted by Gasteiger charge is -2.10. The number of benzene rings is 2. The molecule has 98 valence electrons. The molecule has 19 heavy (non-hydrogen) atoms. The summed E-state index contributed by atoms with van der Waals surface area (Å²) in [6.07, 6.45) is 1.77. The van der Waals surface area contributed by atoms with Gasteiger partial charge >= 0.3 is 0 Å². The average Bonchev–Trinajstić information content (AvgIpc) is 2.27. The Kier molecular flexibility index (Phi) is 3.33. The van der Waals surface area contributed by atoms with Gasteiger partial charge in [0.15, 0.2) is 0 Å². The van der Waals surface area contributed by atoms with Crippen LogP contribution in [0.4, 0.5) is 0 Å². The zero-order valence-electron chi connectivity index (χ0n) is 10.3. The van der Waals surface area contributed by atoms with Crippen LogP contribution in [-0.2, 0) is 0 Å². The van der Waals surface area contributed by atoms with Crippen LogP contribution in [0, 0.1) is 0 Å². The van der Waals surface area contributed by atoms with E-state index in [4.69, 9.17) is 0 Å². The summed E-state index contributed by atoms with van der Waals surface area (Å²) >= 11 is 0. The van der Waals surface area contributed by atoms with Crippen molar-refractivity contribution in [3.8, 4) is 23.0 Å². The Balaban J connectivity index is 2.56. The second-order valence-electron chi connectivity index (χ2n) is 4.18. The first kappa shape index (κ1) is 12.8. The van der Waals surface area contributed by atoms with Gasteiger partial charge in [0.25, 0.3) is 0 Å². The maximum atomic E-state index is 9.51. The Bertz CT molecular complexity index is 551. The summed E-state index contributed by atoms with van der Waals surface area (Å²) in [7, 11) is 0. The fourth-order valence-corrected chi connectivity index (χ4v) is 2.00. The van der Waals surface area contributed by atoms with E-state index in [1.807, 2.05) is 0 Å². The lowest BCUT2D eigenvalue weighted by Crippen LogP contribution is -1.88. The third-order valence-electron chi connectivity index (χ3n) is 2.72. The van der Waals surface area contributed by atoms with Crippen LogP contribution in [0.15, 0.2) is 42.5 Å². The zero-order chi connectivity index (χ0) is 14.0. The number of aromatic hydroxyl groups is 4. The van der Waals surface area contributed by atoms with E-state index in [-0.39, 0.29) is 23.0 Å². The van der Waals surface area contributed by atoms with E-state index in [9.17, 15) is 20.4 Å². The average molecular weight is 258 g/mol. The molecular weight excluding hydrogens is 244 g/mol. The van der Waals surface area contributed by atoms with Crippen LogP contribution in [0.3, 0.4) is 0 Å². The Morgan fingerprint density at radius 3 is 1.26 bits per heavy atom. The van der Waals surface area contributed by atoms with Crippen LogP contribution in [0.25, 0.3) is 5.57 Å². The first-order valence-electron chi connectivity index (χ1n) is 5.72. The molecule has 0 radical (unpaired) electrons. The van der Waals surface area contributed by atoms with Gasteiger partial charge in [-0.2, -0.15) is 0 Å². The third kappa shape index (κ3) is 2.80. The minimum atomic E-state index is -0.0567. The molecule has 0 aliphatic heterocycles. The first-order chi connectivity index (χ1) is 8.99. The number of rotatable bonds is 2. The Hall–Kier alpha value is -2.62. The van der Waals surface area contributed by atoms with Crippen LogP contribution in [-0.4, -0.2) is 20.4 Å². The van der Waals surface area contributed by atoms with Crippen LogP contribution in [0.5, 0.6) is 23.0 Å². The first-order valence-corrected chi connectivity index (χ1v) is 5.72. The summed E-state index contributed by atoms with van der Waals surface area (Å²) in [5, 5.41) is 38.0. The molecule has 0 heterocycles. The molecule has 2 aromatic rings. The highest BCUT2D eigenvalue weighted by molar-refractivity contribution is 5.81. The molecule has 0 atom stereocenters. The van der Waals surface area contributed by atoms with E-state index in [1.165, 1.54) is 36.4 Å². The van der Waals surface area contributed by atoms with E-state index in [0.29, 0.717) is 16.7 Å². The van der Waals surface area contributed by atoms with Gasteiger partial charge < -0.3 is 20.4 Å². The highest BCUT2D eigenvalue weighted by Crippen LogP contribution is 2.33. The standard InChI is InChI=1S/C15H14O4/c1-2-15(9-3-11(16)7-12(17)4-9)10-5-13(18)8-14(19)6-10/h2-8,16-19H,1H3. The van der Waals surface area contributed by atoms with Crippen molar-refractivity contribution in [3.63, 3.8) is 0 Å². The molecule has 0 aromatic heterocycles. The van der Waals surface area contributed by atoms with Crippen molar-refractivity contribution in [1.82, 2.24) is 0 Å². The summed E-state index contributed by atoms with van der Waals surface area (Å²) in [4.78, 5) is 0. The van der Waals surface area contributed by atoms with E-state index < -0.39 is 0 Å². The van der Waals surface area contributed by atoms with E-state index in [0.717, 1.165) is 0 Å². The molecule has 0 aliphatic carbocycles. The number of allylic oxidation sites excluding steroid dienone is 1. The van der Waals surface area contributed by atoms with Gasteiger partial charge in [-0.1, -0.05) is 6.08 Å². The maximum Gasteiger partial charge on any atom is 0.119 e. The molecule has 4 nitrogen and oxygen atoms in total. The van der Waals surface area contributed by atoms with Crippen molar-refractivity contribution in [1.29, 1.82) is 0 Å². The highest BCUT2D eigenvalue weighted by Gasteiger charge is 2.09. The van der Waals surface area contributed by atoms with Crippen molar-refractivity contribution in [3.05, 3.63) is 53.6 Å². The molecule has 2 aromatic carbocycles. The predicted octanol–water partition coefficient (Wildman–Crippen LogP) is 2.96. The SMILES string of the molecule is CC=C(c1cc(O)cc(O)c1)c1cc(O)cc(O)c1. The molecular formula is C15H14O4. The summed E-state index contributed by atoms with van der Waals surface area (Å²) in [6.45, 7) is 1.79. The minimum absolute atomic E-state index is 0.0567. The molecule has 0 saturated carbocycles. The third-order valence-corrected chi connectivity index (χ3v) is 2.72. The van der Waals surface area contributed by atoms with Crippen LogP contribution in [0.2, 0.25) is 0 Å². The number of hydrogen-bond donors (Lipinski definition) is 4. The van der Waals surface area contributed by atoms with Gasteiger partial charge in [0.05, 0.1) is 0 Å². The maximum absolute atomic E-state index is 9.51. The van der Waals surface area contributed by atoms with Gasteiger partial charge in [-0.15, -0.1) is 0 Å².